The van der Waals surface area contributed by atoms with E-state index in [9.17, 15) is 35.7 Å². The molecule has 0 amide bonds. The quantitative estimate of drug-likeness (QED) is 0.192. The monoisotopic (exact) mass is 726 g/mol. The number of hydrogen-bond donors (Lipinski definition) is 7. The highest BCUT2D eigenvalue weighted by atomic mass is 16.7. The first-order valence-corrected chi connectivity index (χ1v) is 19.4. The van der Waals surface area contributed by atoms with Crippen LogP contribution in [-0.2, 0) is 28.4 Å². The fourth-order valence-corrected chi connectivity index (χ4v) is 13.9. The van der Waals surface area contributed by atoms with Gasteiger partial charge in [-0.1, -0.05) is 34.6 Å². The molecule has 0 aromatic rings. The zero-order valence-electron chi connectivity index (χ0n) is 31.0. The van der Waals surface area contributed by atoms with Crippen molar-refractivity contribution in [2.75, 3.05) is 20.3 Å². The third-order valence-electron chi connectivity index (χ3n) is 16.7. The number of hydrogen-bond acceptors (Lipinski definition) is 13. The summed E-state index contributed by atoms with van der Waals surface area (Å²) in [5.74, 6) is 0.837. The van der Waals surface area contributed by atoms with Gasteiger partial charge in [0.1, 0.15) is 42.7 Å². The van der Waals surface area contributed by atoms with Crippen LogP contribution in [0.15, 0.2) is 0 Å². The first-order valence-electron chi connectivity index (χ1n) is 19.4. The second-order valence-corrected chi connectivity index (χ2v) is 19.0. The average molecular weight is 727 g/mol. The zero-order chi connectivity index (χ0) is 36.6. The van der Waals surface area contributed by atoms with Gasteiger partial charge < -0.3 is 64.2 Å². The largest absolute Gasteiger partial charge is 0.394 e. The molecule has 13 heteroatoms. The molecule has 8 fully saturated rings. The number of aliphatic hydroxyl groups excluding tert-OH is 7. The minimum atomic E-state index is -1.54. The maximum absolute atomic E-state index is 11.2. The van der Waals surface area contributed by atoms with E-state index in [1.807, 2.05) is 0 Å². The van der Waals surface area contributed by atoms with Crippen LogP contribution in [-0.4, -0.2) is 136 Å². The number of aliphatic hydroxyl groups is 7. The van der Waals surface area contributed by atoms with Gasteiger partial charge in [0.05, 0.1) is 31.5 Å². The van der Waals surface area contributed by atoms with Crippen LogP contribution in [0.5, 0.6) is 0 Å². The van der Waals surface area contributed by atoms with E-state index >= 15 is 0 Å². The molecule has 7 N–H and O–H groups in total. The summed E-state index contributed by atoms with van der Waals surface area (Å²) < 4.78 is 37.7. The topological polar surface area (TPSA) is 197 Å². The maximum Gasteiger partial charge on any atom is 0.186 e. The summed E-state index contributed by atoms with van der Waals surface area (Å²) in [6, 6.07) is 0. The van der Waals surface area contributed by atoms with Crippen LogP contribution in [0.3, 0.4) is 0 Å². The molecule has 292 valence electrons. The molecule has 3 aliphatic heterocycles. The third-order valence-corrected chi connectivity index (χ3v) is 16.7. The minimum absolute atomic E-state index is 0.0271. The molecule has 0 unspecified atom stereocenters. The number of fused-ring (bicyclic) bond motifs is 4. The Labute approximate surface area is 300 Å². The highest BCUT2D eigenvalue weighted by Crippen LogP contribution is 2.89. The predicted octanol–water partition coefficient (Wildman–Crippen LogP) is 1.05. The summed E-state index contributed by atoms with van der Waals surface area (Å²) in [4.78, 5) is 0. The van der Waals surface area contributed by atoms with Crippen LogP contribution < -0.4 is 0 Å². The lowest BCUT2D eigenvalue weighted by Gasteiger charge is -2.65. The fourth-order valence-electron chi connectivity index (χ4n) is 13.9. The van der Waals surface area contributed by atoms with E-state index < -0.39 is 67.3 Å². The molecule has 0 bridgehead atoms. The van der Waals surface area contributed by atoms with Crippen molar-refractivity contribution < 1.29 is 64.2 Å². The maximum atomic E-state index is 11.2. The normalized spacial score (nSPS) is 60.3. The lowest BCUT2D eigenvalue weighted by Crippen LogP contribution is -2.65. The van der Waals surface area contributed by atoms with Crippen molar-refractivity contribution >= 4 is 0 Å². The number of ether oxygens (including phenoxy) is 6. The van der Waals surface area contributed by atoms with Gasteiger partial charge >= 0.3 is 0 Å². The molecule has 0 radical (unpaired) electrons. The van der Waals surface area contributed by atoms with Crippen molar-refractivity contribution in [2.45, 2.75) is 166 Å². The average Bonchev–Trinajstić information content (AvgIpc) is 3.69. The van der Waals surface area contributed by atoms with Crippen molar-refractivity contribution in [1.29, 1.82) is 0 Å². The molecule has 3 saturated heterocycles. The first kappa shape index (κ1) is 37.4. The highest BCUT2D eigenvalue weighted by Gasteiger charge is 2.85. The first-order chi connectivity index (χ1) is 24.0. The third kappa shape index (κ3) is 5.06. The van der Waals surface area contributed by atoms with Crippen molar-refractivity contribution in [2.24, 2.45) is 50.7 Å². The van der Waals surface area contributed by atoms with E-state index in [2.05, 4.69) is 34.6 Å². The minimum Gasteiger partial charge on any atom is -0.394 e. The second-order valence-electron chi connectivity index (χ2n) is 19.0. The molecular weight excluding hydrogens is 664 g/mol. The standard InChI is InChI=1S/C38H62O13/c1-17-11-18-21(49-31(17)46-6)13-36(5)30-20(48-33-29(45)27(43)26(42)22(14-39)50-33)12-23-34(2,3)24(51-32-28(44)25(41)19(40)15-47-32)7-8-37(23)16-38(30,37)10-9-35(18,36)4/h17-33,39-45H,7-16H2,1-6H3/t17-,18+,19+,20+,21+,22+,23+,24+,25-,26+,27-,28+,29+,30-,31+,32-,33+,35+,36+,37-,38+/m0/s1. The molecule has 13 nitrogen and oxygen atoms in total. The van der Waals surface area contributed by atoms with Gasteiger partial charge in [-0.05, 0) is 96.2 Å². The van der Waals surface area contributed by atoms with Crippen LogP contribution in [0.25, 0.3) is 0 Å². The predicted molar refractivity (Wildman–Crippen MR) is 178 cm³/mol. The Bertz CT molecular complexity index is 1320. The Kier molecular flexibility index (Phi) is 9.16. The summed E-state index contributed by atoms with van der Waals surface area (Å²) in [7, 11) is 1.72. The Balaban J connectivity index is 1.15. The van der Waals surface area contributed by atoms with Gasteiger partial charge in [-0.2, -0.15) is 0 Å². The second kappa shape index (κ2) is 12.5. The molecule has 51 heavy (non-hydrogen) atoms. The van der Waals surface area contributed by atoms with Gasteiger partial charge in [0.25, 0.3) is 0 Å². The molecule has 8 aliphatic rings. The van der Waals surface area contributed by atoms with E-state index in [1.54, 1.807) is 7.11 Å². The molecule has 21 atom stereocenters. The van der Waals surface area contributed by atoms with Crippen LogP contribution >= 0.6 is 0 Å². The van der Waals surface area contributed by atoms with Gasteiger partial charge in [-0.25, -0.2) is 0 Å². The van der Waals surface area contributed by atoms with E-state index in [0.717, 1.165) is 44.9 Å². The van der Waals surface area contributed by atoms with Gasteiger partial charge in [-0.3, -0.25) is 0 Å². The summed E-state index contributed by atoms with van der Waals surface area (Å²) in [5, 5.41) is 73.8. The van der Waals surface area contributed by atoms with Gasteiger partial charge in [-0.15, -0.1) is 0 Å². The van der Waals surface area contributed by atoms with E-state index in [1.165, 1.54) is 0 Å². The lowest BCUT2D eigenvalue weighted by atomic mass is 9.41. The fraction of sp³-hybridized carbons (Fsp3) is 1.00. The molecule has 0 aromatic heterocycles. The van der Waals surface area contributed by atoms with Crippen molar-refractivity contribution in [3.8, 4) is 0 Å². The molecule has 5 saturated carbocycles. The smallest absolute Gasteiger partial charge is 0.186 e. The van der Waals surface area contributed by atoms with Crippen molar-refractivity contribution in [1.82, 2.24) is 0 Å². The Morgan fingerprint density at radius 1 is 0.745 bits per heavy atom. The number of methoxy groups -OCH3 is 1. The van der Waals surface area contributed by atoms with E-state index in [4.69, 9.17) is 28.4 Å². The van der Waals surface area contributed by atoms with Gasteiger partial charge in [0.15, 0.2) is 18.9 Å². The van der Waals surface area contributed by atoms with Crippen molar-refractivity contribution in [3.63, 3.8) is 0 Å². The van der Waals surface area contributed by atoms with Crippen LogP contribution in [0.4, 0.5) is 0 Å². The molecule has 2 spiro atoms. The molecular formula is C38H62O13. The van der Waals surface area contributed by atoms with Crippen LogP contribution in [0.1, 0.15) is 86.0 Å². The molecule has 5 aliphatic carbocycles. The van der Waals surface area contributed by atoms with Gasteiger partial charge in [0, 0.05) is 13.0 Å². The number of rotatable bonds is 6. The Morgan fingerprint density at radius 3 is 2.18 bits per heavy atom. The lowest BCUT2D eigenvalue weighted by molar-refractivity contribution is -0.335. The molecule has 8 rings (SSSR count). The van der Waals surface area contributed by atoms with Gasteiger partial charge in [0.2, 0.25) is 0 Å². The summed E-state index contributed by atoms with van der Waals surface area (Å²) in [6.07, 6.45) is -5.37. The SMILES string of the molecule is CO[C@@H]1O[C@@H]2C[C@]3(C)[C@@H]4[C@H](O[C@@H]5O[C@H](CO)[C@@H](O)[C@H](O)[C@H]5O)C[C@@H]5C(C)(C)[C@H](O[C@@H]6OC[C@@H](O)[C@H](O)[C@H]6O)CC[C@]56C[C@]46CC[C@]3(C)[C@@H]2C[C@@H]1C. The van der Waals surface area contributed by atoms with Crippen LogP contribution in [0.2, 0.25) is 0 Å². The van der Waals surface area contributed by atoms with E-state index in [-0.39, 0.29) is 70.6 Å². The summed E-state index contributed by atoms with van der Waals surface area (Å²) in [5.41, 5.74) is -0.663. The van der Waals surface area contributed by atoms with Crippen molar-refractivity contribution in [3.05, 3.63) is 0 Å². The van der Waals surface area contributed by atoms with Crippen LogP contribution in [0, 0.1) is 50.7 Å². The summed E-state index contributed by atoms with van der Waals surface area (Å²) >= 11 is 0. The highest BCUT2D eigenvalue weighted by molar-refractivity contribution is 5.33. The molecule has 0 aromatic carbocycles. The summed E-state index contributed by atoms with van der Waals surface area (Å²) in [6.45, 7) is 10.9. The van der Waals surface area contributed by atoms with E-state index in [0.29, 0.717) is 12.3 Å². The molecule has 3 heterocycles. The Hall–Kier alpha value is -0.520. The zero-order valence-corrected chi connectivity index (χ0v) is 31.0. The Morgan fingerprint density at radius 2 is 1.47 bits per heavy atom.